The van der Waals surface area contributed by atoms with Gasteiger partial charge in [-0.2, -0.15) is 0 Å². The van der Waals surface area contributed by atoms with E-state index >= 15 is 0 Å². The Hall–Kier alpha value is -1.60. The maximum Gasteiger partial charge on any atom is 0.326 e. The van der Waals surface area contributed by atoms with E-state index in [0.717, 1.165) is 41.5 Å². The van der Waals surface area contributed by atoms with Gasteiger partial charge in [-0.3, -0.25) is 9.69 Å². The third-order valence-electron chi connectivity index (χ3n) is 5.57. The zero-order chi connectivity index (χ0) is 18.9. The van der Waals surface area contributed by atoms with Crippen molar-refractivity contribution in [2.75, 3.05) is 20.8 Å². The van der Waals surface area contributed by atoms with Gasteiger partial charge in [-0.1, -0.05) is 35.7 Å². The highest BCUT2D eigenvalue weighted by Gasteiger charge is 2.54. The van der Waals surface area contributed by atoms with Crippen molar-refractivity contribution in [2.24, 2.45) is 5.92 Å². The third kappa shape index (κ3) is 3.47. The first-order chi connectivity index (χ1) is 12.4. The second kappa shape index (κ2) is 7.56. The lowest BCUT2D eigenvalue weighted by atomic mass is 9.73. The smallest absolute Gasteiger partial charge is 0.326 e. The lowest BCUT2D eigenvalue weighted by Crippen LogP contribution is -2.54. The molecule has 1 aromatic carbocycles. The molecule has 26 heavy (non-hydrogen) atoms. The summed E-state index contributed by atoms with van der Waals surface area (Å²) in [5.41, 5.74) is 0.293. The number of carbonyl (C=O) groups excluding carboxylic acids is 2. The summed E-state index contributed by atoms with van der Waals surface area (Å²) in [6.45, 7) is 2.90. The second-order valence-electron chi connectivity index (χ2n) is 7.39. The van der Waals surface area contributed by atoms with E-state index in [0.29, 0.717) is 6.54 Å². The Kier molecular flexibility index (Phi) is 5.58. The van der Waals surface area contributed by atoms with Crippen molar-refractivity contribution in [1.29, 1.82) is 0 Å². The van der Waals surface area contributed by atoms with Gasteiger partial charge >= 0.3 is 6.03 Å². The summed E-state index contributed by atoms with van der Waals surface area (Å²) in [6, 6.07) is 5.54. The molecule has 1 saturated heterocycles. The minimum absolute atomic E-state index is 0.0808. The number of imide groups is 1. The van der Waals surface area contributed by atoms with Crippen LogP contribution in [0.1, 0.15) is 38.2 Å². The standard InChI is InChI=1S/C19H26BrN3O3/c1-13-6-4-5-9-19(13)17(24)23(18(25)21-19)12-22(2)11-14-10-15(20)7-8-16(14)26-3/h7-8,10,13H,4-6,9,11-12H2,1-3H3,(H,21,25)/t13-,19+/m0/s1. The molecule has 2 aliphatic rings. The van der Waals surface area contributed by atoms with E-state index in [-0.39, 0.29) is 24.5 Å². The first-order valence-electron chi connectivity index (χ1n) is 9.02. The van der Waals surface area contributed by atoms with Gasteiger partial charge in [0.25, 0.3) is 5.91 Å². The topological polar surface area (TPSA) is 61.9 Å². The van der Waals surface area contributed by atoms with Crippen molar-refractivity contribution in [2.45, 2.75) is 44.7 Å². The Morgan fingerprint density at radius 3 is 2.85 bits per heavy atom. The van der Waals surface area contributed by atoms with Crippen LogP contribution in [0.15, 0.2) is 22.7 Å². The predicted octanol–water partition coefficient (Wildman–Crippen LogP) is 3.35. The van der Waals surface area contributed by atoms with Crippen LogP contribution in [0.3, 0.4) is 0 Å². The molecule has 2 atom stereocenters. The number of nitrogens with one attached hydrogen (secondary N) is 1. The van der Waals surface area contributed by atoms with Gasteiger partial charge in [0.1, 0.15) is 11.3 Å². The van der Waals surface area contributed by atoms with Crippen molar-refractivity contribution >= 4 is 27.9 Å². The highest BCUT2D eigenvalue weighted by Crippen LogP contribution is 2.38. The molecule has 0 radical (unpaired) electrons. The molecule has 1 aliphatic carbocycles. The number of halogens is 1. The van der Waals surface area contributed by atoms with Crippen LogP contribution in [0, 0.1) is 5.92 Å². The Labute approximate surface area is 163 Å². The lowest BCUT2D eigenvalue weighted by molar-refractivity contribution is -0.135. The number of methoxy groups -OCH3 is 1. The molecule has 0 aromatic heterocycles. The summed E-state index contributed by atoms with van der Waals surface area (Å²) in [6.07, 6.45) is 3.81. The maximum atomic E-state index is 13.1. The van der Waals surface area contributed by atoms with E-state index in [9.17, 15) is 9.59 Å². The van der Waals surface area contributed by atoms with Crippen LogP contribution in [0.25, 0.3) is 0 Å². The number of benzene rings is 1. The van der Waals surface area contributed by atoms with Gasteiger partial charge in [-0.15, -0.1) is 0 Å². The van der Waals surface area contributed by atoms with Gasteiger partial charge in [0, 0.05) is 16.6 Å². The van der Waals surface area contributed by atoms with E-state index in [1.54, 1.807) is 7.11 Å². The molecule has 1 saturated carbocycles. The number of hydrogen-bond acceptors (Lipinski definition) is 4. The second-order valence-corrected chi connectivity index (χ2v) is 8.31. The number of rotatable bonds is 5. The zero-order valence-electron chi connectivity index (χ0n) is 15.5. The van der Waals surface area contributed by atoms with Gasteiger partial charge in [-0.05, 0) is 44.0 Å². The summed E-state index contributed by atoms with van der Waals surface area (Å²) in [7, 11) is 3.54. The van der Waals surface area contributed by atoms with E-state index in [2.05, 4.69) is 28.2 Å². The van der Waals surface area contributed by atoms with Crippen LogP contribution >= 0.6 is 15.9 Å². The summed E-state index contributed by atoms with van der Waals surface area (Å²) in [5, 5.41) is 3.00. The quantitative estimate of drug-likeness (QED) is 0.737. The number of amides is 3. The van der Waals surface area contributed by atoms with E-state index < -0.39 is 5.54 Å². The molecule has 1 aromatic rings. The lowest BCUT2D eigenvalue weighted by Gasteiger charge is -2.37. The molecule has 7 heteroatoms. The van der Waals surface area contributed by atoms with Crippen molar-refractivity contribution in [3.63, 3.8) is 0 Å². The van der Waals surface area contributed by atoms with Crippen LogP contribution < -0.4 is 10.1 Å². The molecule has 1 spiro atoms. The Morgan fingerprint density at radius 1 is 1.38 bits per heavy atom. The fourth-order valence-electron chi connectivity index (χ4n) is 4.08. The van der Waals surface area contributed by atoms with Gasteiger partial charge in [0.2, 0.25) is 0 Å². The highest BCUT2D eigenvalue weighted by atomic mass is 79.9. The molecule has 1 N–H and O–H groups in total. The maximum absolute atomic E-state index is 13.1. The SMILES string of the molecule is COc1ccc(Br)cc1CN(C)CN1C(=O)N[C@@]2(CCCC[C@@H]2C)C1=O. The summed E-state index contributed by atoms with van der Waals surface area (Å²) in [5.74, 6) is 0.880. The fourth-order valence-corrected chi connectivity index (χ4v) is 4.49. The molecule has 0 unspecified atom stereocenters. The average Bonchev–Trinajstić information content (AvgIpc) is 2.83. The summed E-state index contributed by atoms with van der Waals surface area (Å²) < 4.78 is 6.37. The molecular formula is C19H26BrN3O3. The van der Waals surface area contributed by atoms with Gasteiger partial charge < -0.3 is 10.1 Å². The molecule has 2 fully saturated rings. The van der Waals surface area contributed by atoms with Crippen molar-refractivity contribution in [1.82, 2.24) is 15.1 Å². The minimum Gasteiger partial charge on any atom is -0.496 e. The van der Waals surface area contributed by atoms with Crippen LogP contribution in [0.5, 0.6) is 5.75 Å². The third-order valence-corrected chi connectivity index (χ3v) is 6.06. The molecule has 1 heterocycles. The Bertz CT molecular complexity index is 711. The Morgan fingerprint density at radius 2 is 2.15 bits per heavy atom. The fraction of sp³-hybridized carbons (Fsp3) is 0.579. The van der Waals surface area contributed by atoms with Crippen LogP contribution in [0.4, 0.5) is 4.79 Å². The van der Waals surface area contributed by atoms with Crippen molar-refractivity contribution in [3.05, 3.63) is 28.2 Å². The molecule has 3 rings (SSSR count). The molecule has 3 amide bonds. The molecule has 142 valence electrons. The van der Waals surface area contributed by atoms with Crippen LogP contribution in [-0.2, 0) is 11.3 Å². The van der Waals surface area contributed by atoms with Gasteiger partial charge in [0.15, 0.2) is 0 Å². The zero-order valence-corrected chi connectivity index (χ0v) is 17.1. The van der Waals surface area contributed by atoms with Crippen LogP contribution in [-0.4, -0.2) is 48.1 Å². The first-order valence-corrected chi connectivity index (χ1v) is 9.82. The number of hydrogen-bond donors (Lipinski definition) is 1. The first kappa shape index (κ1) is 19.2. The van der Waals surface area contributed by atoms with E-state index in [4.69, 9.17) is 4.74 Å². The number of ether oxygens (including phenoxy) is 1. The summed E-state index contributed by atoms with van der Waals surface area (Å²) >= 11 is 3.47. The highest BCUT2D eigenvalue weighted by molar-refractivity contribution is 9.10. The number of carbonyl (C=O) groups is 2. The van der Waals surface area contributed by atoms with Gasteiger partial charge in [-0.25, -0.2) is 9.69 Å². The predicted molar refractivity (Wildman–Crippen MR) is 103 cm³/mol. The Balaban J connectivity index is 1.71. The molecule has 0 bridgehead atoms. The largest absolute Gasteiger partial charge is 0.496 e. The van der Waals surface area contributed by atoms with Crippen molar-refractivity contribution < 1.29 is 14.3 Å². The van der Waals surface area contributed by atoms with Crippen LogP contribution in [0.2, 0.25) is 0 Å². The number of nitrogens with zero attached hydrogens (tertiary/aromatic N) is 2. The molecular weight excluding hydrogens is 398 g/mol. The van der Waals surface area contributed by atoms with Crippen molar-refractivity contribution in [3.8, 4) is 5.75 Å². The van der Waals surface area contributed by atoms with E-state index in [1.165, 1.54) is 4.90 Å². The van der Waals surface area contributed by atoms with E-state index in [1.807, 2.05) is 30.1 Å². The number of urea groups is 1. The minimum atomic E-state index is -0.705. The molecule has 6 nitrogen and oxygen atoms in total. The monoisotopic (exact) mass is 423 g/mol. The average molecular weight is 424 g/mol. The molecule has 1 aliphatic heterocycles. The van der Waals surface area contributed by atoms with Gasteiger partial charge in [0.05, 0.1) is 13.8 Å². The summed E-state index contributed by atoms with van der Waals surface area (Å²) in [4.78, 5) is 28.9. The normalized spacial score (nSPS) is 25.9.